The van der Waals surface area contributed by atoms with Gasteiger partial charge in [0.1, 0.15) is 11.9 Å². The molecule has 6 rings (SSSR count). The zero-order valence-electron chi connectivity index (χ0n) is 26.2. The number of hydrogen-bond donors (Lipinski definition) is 3. The second-order valence-electron chi connectivity index (χ2n) is 12.4. The highest BCUT2D eigenvalue weighted by atomic mass is 32.2. The minimum atomic E-state index is -4.17. The van der Waals surface area contributed by atoms with Crippen molar-refractivity contribution < 1.29 is 41.7 Å². The van der Waals surface area contributed by atoms with Gasteiger partial charge >= 0.3 is 6.09 Å². The second kappa shape index (κ2) is 14.0. The molecule has 47 heavy (non-hydrogen) atoms. The first-order chi connectivity index (χ1) is 22.6. The molecule has 1 aromatic heterocycles. The molecule has 5 atom stereocenters. The highest BCUT2D eigenvalue weighted by molar-refractivity contribution is 7.89. The molecular formula is C34H39N3O9S. The number of aliphatic hydroxyl groups excluding tert-OH is 1. The Morgan fingerprint density at radius 3 is 2.68 bits per heavy atom. The SMILES string of the molecule is CC(C)CN(C[C@@H](O)[C@H](Cc1ccccc1)NC(=O)OC1COC2OCCC12)S(=O)(=O)c1ccc2c(c1)/C(=C/c1ccco1)C(=O)N2. The first-order valence-electron chi connectivity index (χ1n) is 15.7. The summed E-state index contributed by atoms with van der Waals surface area (Å²) < 4.78 is 51.8. The van der Waals surface area contributed by atoms with Crippen molar-refractivity contribution in [2.45, 2.75) is 56.1 Å². The van der Waals surface area contributed by atoms with E-state index in [4.69, 9.17) is 18.6 Å². The van der Waals surface area contributed by atoms with E-state index in [-0.39, 0.29) is 54.3 Å². The Morgan fingerprint density at radius 2 is 1.94 bits per heavy atom. The van der Waals surface area contributed by atoms with E-state index in [2.05, 4.69) is 10.6 Å². The summed E-state index contributed by atoms with van der Waals surface area (Å²) in [6.45, 7) is 4.32. The van der Waals surface area contributed by atoms with Crippen LogP contribution in [0.2, 0.25) is 0 Å². The molecule has 3 unspecified atom stereocenters. The summed E-state index contributed by atoms with van der Waals surface area (Å²) in [7, 11) is -4.17. The van der Waals surface area contributed by atoms with Gasteiger partial charge in [0.05, 0.1) is 48.0 Å². The number of nitrogens with one attached hydrogen (secondary N) is 2. The standard InChI is InChI=1S/C34H39N3O9S/c1-21(2)18-37(47(41,42)24-10-11-28-26(17-24)27(32(39)35-28)16-23-9-6-13-43-23)19-30(38)29(15-22-7-4-3-5-8-22)36-34(40)46-31-20-45-33-25(31)12-14-44-33/h3-11,13,16-17,21,25,29-31,33,38H,12,14-15,18-20H2,1-2H3,(H,35,39)(H,36,40)/b27-16-/t25?,29-,30+,31?,33?/m0/s1. The molecule has 2 saturated heterocycles. The van der Waals surface area contributed by atoms with Crippen molar-refractivity contribution in [2.75, 3.05) is 31.6 Å². The number of anilines is 1. The van der Waals surface area contributed by atoms with E-state index >= 15 is 0 Å². The van der Waals surface area contributed by atoms with Gasteiger partial charge in [-0.15, -0.1) is 0 Å². The van der Waals surface area contributed by atoms with Crippen LogP contribution in [0.1, 0.15) is 37.2 Å². The first-order valence-corrected chi connectivity index (χ1v) is 17.2. The average molecular weight is 666 g/mol. The summed E-state index contributed by atoms with van der Waals surface area (Å²) in [5.41, 5.74) is 2.03. The predicted molar refractivity (Wildman–Crippen MR) is 172 cm³/mol. The Bertz CT molecular complexity index is 1710. The average Bonchev–Trinajstić information content (AvgIpc) is 3.84. The summed E-state index contributed by atoms with van der Waals surface area (Å²) in [6.07, 6.45) is 1.09. The van der Waals surface area contributed by atoms with E-state index in [9.17, 15) is 23.1 Å². The molecule has 4 heterocycles. The summed E-state index contributed by atoms with van der Waals surface area (Å²) >= 11 is 0. The fourth-order valence-corrected chi connectivity index (χ4v) is 7.82. The number of rotatable bonds is 12. The maximum Gasteiger partial charge on any atom is 0.407 e. The number of carbonyl (C=O) groups excluding carboxylic acids is 2. The number of amides is 2. The Balaban J connectivity index is 1.23. The van der Waals surface area contributed by atoms with Crippen LogP contribution in [0.5, 0.6) is 0 Å². The maximum atomic E-state index is 14.2. The van der Waals surface area contributed by atoms with Crippen molar-refractivity contribution >= 4 is 39.4 Å². The van der Waals surface area contributed by atoms with Gasteiger partial charge < -0.3 is 34.4 Å². The number of furan rings is 1. The molecule has 13 heteroatoms. The number of alkyl carbamates (subject to hydrolysis) is 1. The molecule has 3 aliphatic heterocycles. The third kappa shape index (κ3) is 7.44. The summed E-state index contributed by atoms with van der Waals surface area (Å²) in [6, 6.07) is 16.3. The van der Waals surface area contributed by atoms with E-state index in [1.807, 2.05) is 44.2 Å². The van der Waals surface area contributed by atoms with Crippen LogP contribution in [0.3, 0.4) is 0 Å². The van der Waals surface area contributed by atoms with Gasteiger partial charge in [-0.05, 0) is 60.7 Å². The van der Waals surface area contributed by atoms with Gasteiger partial charge in [-0.25, -0.2) is 13.2 Å². The highest BCUT2D eigenvalue weighted by Crippen LogP contribution is 2.36. The van der Waals surface area contributed by atoms with Gasteiger partial charge in [0, 0.05) is 24.3 Å². The topological polar surface area (TPSA) is 157 Å². The monoisotopic (exact) mass is 665 g/mol. The van der Waals surface area contributed by atoms with Crippen LogP contribution >= 0.6 is 0 Å². The number of hydrogen-bond acceptors (Lipinski definition) is 9. The van der Waals surface area contributed by atoms with Gasteiger partial charge in [-0.1, -0.05) is 44.2 Å². The molecule has 3 aliphatic rings. The number of benzene rings is 2. The molecule has 2 fully saturated rings. The van der Waals surface area contributed by atoms with E-state index in [0.717, 1.165) is 5.56 Å². The first kappa shape index (κ1) is 32.9. The lowest BCUT2D eigenvalue weighted by molar-refractivity contribution is -0.110. The maximum absolute atomic E-state index is 14.2. The van der Waals surface area contributed by atoms with Crippen molar-refractivity contribution in [3.63, 3.8) is 0 Å². The molecule has 0 saturated carbocycles. The quantitative estimate of drug-likeness (QED) is 0.244. The largest absolute Gasteiger partial charge is 0.465 e. The number of aliphatic hydroxyl groups is 1. The minimum Gasteiger partial charge on any atom is -0.465 e. The molecule has 0 spiro atoms. The fraction of sp³-hybridized carbons (Fsp3) is 0.412. The second-order valence-corrected chi connectivity index (χ2v) is 14.4. The molecule has 12 nitrogen and oxygen atoms in total. The zero-order chi connectivity index (χ0) is 33.1. The van der Waals surface area contributed by atoms with Crippen molar-refractivity contribution in [1.29, 1.82) is 0 Å². The molecule has 3 N–H and O–H groups in total. The van der Waals surface area contributed by atoms with Gasteiger partial charge in [-0.3, -0.25) is 4.79 Å². The number of fused-ring (bicyclic) bond motifs is 2. The summed E-state index contributed by atoms with van der Waals surface area (Å²) in [4.78, 5) is 25.8. The number of sulfonamides is 1. The van der Waals surface area contributed by atoms with E-state index in [0.29, 0.717) is 30.0 Å². The smallest absolute Gasteiger partial charge is 0.407 e. The molecule has 0 aliphatic carbocycles. The minimum absolute atomic E-state index is 0.0347. The van der Waals surface area contributed by atoms with E-state index in [1.54, 1.807) is 24.3 Å². The number of nitrogens with zero attached hydrogens (tertiary/aromatic N) is 1. The third-order valence-electron chi connectivity index (χ3n) is 8.51. The molecule has 2 aromatic carbocycles. The van der Waals surface area contributed by atoms with Crippen molar-refractivity contribution in [3.8, 4) is 0 Å². The number of ether oxygens (including phenoxy) is 3. The van der Waals surface area contributed by atoms with E-state index < -0.39 is 40.7 Å². The number of carbonyl (C=O) groups is 2. The van der Waals surface area contributed by atoms with Gasteiger partial charge in [0.25, 0.3) is 5.91 Å². The Labute approximate surface area is 273 Å². The third-order valence-corrected chi connectivity index (χ3v) is 10.3. The van der Waals surface area contributed by atoms with Crippen molar-refractivity contribution in [1.82, 2.24) is 9.62 Å². The summed E-state index contributed by atoms with van der Waals surface area (Å²) in [5.74, 6) is -0.0638. The van der Waals surface area contributed by atoms with Crippen molar-refractivity contribution in [3.05, 3.63) is 83.8 Å². The molecule has 0 bridgehead atoms. The lowest BCUT2D eigenvalue weighted by Gasteiger charge is -2.31. The van der Waals surface area contributed by atoms with Crippen molar-refractivity contribution in [2.24, 2.45) is 11.8 Å². The highest BCUT2D eigenvalue weighted by Gasteiger charge is 2.44. The predicted octanol–water partition coefficient (Wildman–Crippen LogP) is 3.88. The van der Waals surface area contributed by atoms with E-state index in [1.165, 1.54) is 22.7 Å². The van der Waals surface area contributed by atoms with Gasteiger partial charge in [0.15, 0.2) is 6.29 Å². The molecular weight excluding hydrogens is 626 g/mol. The van der Waals surface area contributed by atoms with Crippen LogP contribution in [-0.2, 0) is 35.4 Å². The van der Waals surface area contributed by atoms with Gasteiger partial charge in [0.2, 0.25) is 10.0 Å². The summed E-state index contributed by atoms with van der Waals surface area (Å²) in [5, 5.41) is 17.2. The molecule has 2 amide bonds. The van der Waals surface area contributed by atoms with Crippen LogP contribution in [-0.4, -0.2) is 80.7 Å². The van der Waals surface area contributed by atoms with Crippen LogP contribution in [0.4, 0.5) is 10.5 Å². The van der Waals surface area contributed by atoms with Crippen LogP contribution in [0, 0.1) is 11.8 Å². The Kier molecular flexibility index (Phi) is 9.80. The van der Waals surface area contributed by atoms with Crippen LogP contribution in [0.25, 0.3) is 11.6 Å². The normalized spacial score (nSPS) is 22.7. The molecule has 250 valence electrons. The zero-order valence-corrected chi connectivity index (χ0v) is 27.0. The van der Waals surface area contributed by atoms with Crippen LogP contribution in [0.15, 0.2) is 76.2 Å². The Morgan fingerprint density at radius 1 is 1.13 bits per heavy atom. The lowest BCUT2D eigenvalue weighted by Crippen LogP contribution is -2.51. The van der Waals surface area contributed by atoms with Gasteiger partial charge in [-0.2, -0.15) is 4.31 Å². The lowest BCUT2D eigenvalue weighted by atomic mass is 10.0. The fourth-order valence-electron chi connectivity index (χ4n) is 6.17. The van der Waals surface area contributed by atoms with Crippen LogP contribution < -0.4 is 10.6 Å². The molecule has 3 aromatic rings. The molecule has 0 radical (unpaired) electrons. The Hall–Kier alpha value is -4.01.